The van der Waals surface area contributed by atoms with Crippen LogP contribution >= 0.6 is 34.8 Å². The van der Waals surface area contributed by atoms with Crippen LogP contribution in [0.2, 0.25) is 15.2 Å². The van der Waals surface area contributed by atoms with Crippen LogP contribution in [0.4, 0.5) is 17.6 Å². The van der Waals surface area contributed by atoms with Gasteiger partial charge in [0.1, 0.15) is 22.8 Å². The van der Waals surface area contributed by atoms with E-state index in [0.29, 0.717) is 9.59 Å². The molecule has 4 aromatic rings. The number of para-hydroxylation sites is 1. The van der Waals surface area contributed by atoms with Gasteiger partial charge in [0.25, 0.3) is 0 Å². The van der Waals surface area contributed by atoms with Gasteiger partial charge in [0.2, 0.25) is 0 Å². The van der Waals surface area contributed by atoms with E-state index < -0.39 is 43.0 Å². The number of aromatic nitrogens is 5. The Labute approximate surface area is 227 Å². The van der Waals surface area contributed by atoms with E-state index in [0.717, 1.165) is 15.3 Å². The van der Waals surface area contributed by atoms with E-state index in [9.17, 15) is 32.6 Å². The fourth-order valence-electron chi connectivity index (χ4n) is 3.73. The molecule has 0 saturated carbocycles. The molecular formula is C23H18Cl3F4N5O3. The molecule has 0 saturated heterocycles. The van der Waals surface area contributed by atoms with Gasteiger partial charge >= 0.3 is 11.9 Å². The molecule has 0 bridgehead atoms. The highest BCUT2D eigenvalue weighted by Gasteiger charge is 2.39. The first kappa shape index (κ1) is 28.1. The van der Waals surface area contributed by atoms with Crippen molar-refractivity contribution in [2.24, 2.45) is 0 Å². The molecule has 2 aromatic heterocycles. The molecule has 15 heteroatoms. The van der Waals surface area contributed by atoms with Crippen molar-refractivity contribution < 1.29 is 27.8 Å². The molecule has 2 heterocycles. The number of nitrogens with zero attached hydrogens (tertiary/aromatic N) is 5. The maximum absolute atomic E-state index is 14.6. The Morgan fingerprint density at radius 2 is 1.68 bits per heavy atom. The standard InChI is InChI=1S/C23H18Cl3F4N5O3/c1-11(36)21-31-17(32-35(21)19-14(25)3-2-4-15(19)27)10-34-20(26)18(12-5-7-13(24)8-6-12)33(22(34)38)9-16(37)23(28,29)30/h2-8,11,16,36-37H,9-10H2,1H3/t11-,16?/m0/s1. The first-order valence-corrected chi connectivity index (χ1v) is 12.0. The van der Waals surface area contributed by atoms with Crippen LogP contribution in [0.1, 0.15) is 24.7 Å². The maximum atomic E-state index is 14.6. The minimum absolute atomic E-state index is 0.0316. The number of hydrogen-bond donors (Lipinski definition) is 2. The molecule has 8 nitrogen and oxygen atoms in total. The summed E-state index contributed by atoms with van der Waals surface area (Å²) in [6.07, 6.45) is -9.10. The predicted octanol–water partition coefficient (Wildman–Crippen LogP) is 5.02. The van der Waals surface area contributed by atoms with E-state index >= 15 is 0 Å². The highest BCUT2D eigenvalue weighted by molar-refractivity contribution is 6.32. The van der Waals surface area contributed by atoms with Crippen LogP contribution in [0, 0.1) is 5.82 Å². The SMILES string of the molecule is C[C@H](O)c1nc(Cn2c(Cl)c(-c3ccc(Cl)cc3)n(CC(O)C(F)(F)F)c2=O)nn1-c1c(F)cccc1Cl. The summed E-state index contributed by atoms with van der Waals surface area (Å²) >= 11 is 18.5. The number of imidazole rings is 1. The molecule has 0 aliphatic heterocycles. The maximum Gasteiger partial charge on any atom is 0.416 e. The molecule has 202 valence electrons. The van der Waals surface area contributed by atoms with Crippen molar-refractivity contribution in [2.75, 3.05) is 0 Å². The largest absolute Gasteiger partial charge is 0.416 e. The molecular weight excluding hydrogens is 577 g/mol. The number of aliphatic hydroxyl groups is 2. The van der Waals surface area contributed by atoms with Gasteiger partial charge in [-0.25, -0.2) is 18.9 Å². The van der Waals surface area contributed by atoms with E-state index in [2.05, 4.69) is 10.1 Å². The lowest BCUT2D eigenvalue weighted by molar-refractivity contribution is -0.207. The van der Waals surface area contributed by atoms with Crippen molar-refractivity contribution in [3.05, 3.63) is 85.6 Å². The molecule has 0 amide bonds. The second-order valence-corrected chi connectivity index (χ2v) is 9.43. The third-order valence-electron chi connectivity index (χ3n) is 5.51. The van der Waals surface area contributed by atoms with Crippen LogP contribution in [-0.4, -0.2) is 46.4 Å². The van der Waals surface area contributed by atoms with Gasteiger partial charge in [-0.2, -0.15) is 13.2 Å². The number of alkyl halides is 3. The van der Waals surface area contributed by atoms with Crippen molar-refractivity contribution in [3.63, 3.8) is 0 Å². The Balaban J connectivity index is 1.85. The number of rotatable bonds is 7. The van der Waals surface area contributed by atoms with E-state index in [4.69, 9.17) is 34.8 Å². The minimum atomic E-state index is -5.00. The van der Waals surface area contributed by atoms with Crippen LogP contribution in [0.3, 0.4) is 0 Å². The van der Waals surface area contributed by atoms with Gasteiger partial charge < -0.3 is 10.2 Å². The first-order chi connectivity index (χ1) is 17.8. The van der Waals surface area contributed by atoms with E-state index in [1.165, 1.54) is 43.3 Å². The summed E-state index contributed by atoms with van der Waals surface area (Å²) in [4.78, 5) is 17.4. The summed E-state index contributed by atoms with van der Waals surface area (Å²) < 4.78 is 56.6. The van der Waals surface area contributed by atoms with Gasteiger partial charge in [-0.1, -0.05) is 53.0 Å². The Morgan fingerprint density at radius 3 is 2.26 bits per heavy atom. The molecule has 2 atom stereocenters. The average Bonchev–Trinajstić information content (AvgIpc) is 3.34. The molecule has 1 unspecified atom stereocenters. The van der Waals surface area contributed by atoms with Crippen molar-refractivity contribution >= 4 is 34.8 Å². The Hall–Kier alpha value is -2.90. The molecule has 0 radical (unpaired) electrons. The molecule has 0 fully saturated rings. The summed E-state index contributed by atoms with van der Waals surface area (Å²) in [6.45, 7) is -0.253. The Kier molecular flexibility index (Phi) is 7.91. The normalized spacial score (nSPS) is 13.6. The van der Waals surface area contributed by atoms with E-state index in [1.807, 2.05) is 0 Å². The first-order valence-electron chi connectivity index (χ1n) is 10.9. The number of aliphatic hydroxyl groups excluding tert-OH is 2. The predicted molar refractivity (Wildman–Crippen MR) is 132 cm³/mol. The summed E-state index contributed by atoms with van der Waals surface area (Å²) in [5, 5.41) is 24.1. The quantitative estimate of drug-likeness (QED) is 0.293. The van der Waals surface area contributed by atoms with Crippen LogP contribution in [0.15, 0.2) is 47.3 Å². The summed E-state index contributed by atoms with van der Waals surface area (Å²) in [5.41, 5.74) is -1.05. The lowest BCUT2D eigenvalue weighted by atomic mass is 10.1. The second kappa shape index (κ2) is 10.7. The van der Waals surface area contributed by atoms with Gasteiger partial charge in [-0.05, 0) is 31.2 Å². The monoisotopic (exact) mass is 593 g/mol. The third-order valence-corrected chi connectivity index (χ3v) is 6.45. The molecule has 4 rings (SSSR count). The summed E-state index contributed by atoms with van der Waals surface area (Å²) in [7, 11) is 0. The number of benzene rings is 2. The van der Waals surface area contributed by atoms with Gasteiger partial charge in [-0.3, -0.25) is 9.13 Å². The Bertz CT molecular complexity index is 1510. The van der Waals surface area contributed by atoms with Crippen molar-refractivity contribution in [2.45, 2.75) is 38.4 Å². The fourth-order valence-corrected chi connectivity index (χ4v) is 4.45. The van der Waals surface area contributed by atoms with Crippen molar-refractivity contribution in [1.29, 1.82) is 0 Å². The highest BCUT2D eigenvalue weighted by Crippen LogP contribution is 2.31. The molecule has 2 N–H and O–H groups in total. The molecule has 0 aliphatic carbocycles. The van der Waals surface area contributed by atoms with Gasteiger partial charge in [0, 0.05) is 10.6 Å². The van der Waals surface area contributed by atoms with Crippen LogP contribution in [0.5, 0.6) is 0 Å². The van der Waals surface area contributed by atoms with Crippen molar-refractivity contribution in [3.8, 4) is 16.9 Å². The number of halogens is 7. The third kappa shape index (κ3) is 5.45. The van der Waals surface area contributed by atoms with Gasteiger partial charge in [0.15, 0.2) is 17.8 Å². The van der Waals surface area contributed by atoms with Gasteiger partial charge in [-0.15, -0.1) is 5.10 Å². The molecule has 2 aromatic carbocycles. The zero-order valence-electron chi connectivity index (χ0n) is 19.3. The minimum Gasteiger partial charge on any atom is -0.385 e. The Morgan fingerprint density at radius 1 is 1.03 bits per heavy atom. The zero-order valence-corrected chi connectivity index (χ0v) is 21.6. The van der Waals surface area contributed by atoms with Crippen LogP contribution < -0.4 is 5.69 Å². The molecule has 0 spiro atoms. The van der Waals surface area contributed by atoms with E-state index in [1.54, 1.807) is 0 Å². The number of hydrogen-bond acceptors (Lipinski definition) is 5. The van der Waals surface area contributed by atoms with Gasteiger partial charge in [0.05, 0.1) is 23.8 Å². The second-order valence-electron chi connectivity index (χ2n) is 8.23. The van der Waals surface area contributed by atoms with Crippen LogP contribution in [-0.2, 0) is 13.1 Å². The molecule has 38 heavy (non-hydrogen) atoms. The lowest BCUT2D eigenvalue weighted by Gasteiger charge is -2.16. The summed E-state index contributed by atoms with van der Waals surface area (Å²) in [5.74, 6) is -0.996. The highest BCUT2D eigenvalue weighted by atomic mass is 35.5. The average molecular weight is 595 g/mol. The van der Waals surface area contributed by atoms with Crippen molar-refractivity contribution in [1.82, 2.24) is 23.9 Å². The lowest BCUT2D eigenvalue weighted by Crippen LogP contribution is -2.37. The summed E-state index contributed by atoms with van der Waals surface area (Å²) in [6, 6.07) is 9.70. The topological polar surface area (TPSA) is 98.1 Å². The molecule has 0 aliphatic rings. The zero-order chi connectivity index (χ0) is 27.9. The smallest absolute Gasteiger partial charge is 0.385 e. The fraction of sp³-hybridized carbons (Fsp3) is 0.261. The van der Waals surface area contributed by atoms with Crippen LogP contribution in [0.25, 0.3) is 16.9 Å². The van der Waals surface area contributed by atoms with E-state index in [-0.39, 0.29) is 38.8 Å².